The van der Waals surface area contributed by atoms with Crippen molar-refractivity contribution in [3.8, 4) is 5.75 Å². The van der Waals surface area contributed by atoms with E-state index in [4.69, 9.17) is 13.9 Å². The van der Waals surface area contributed by atoms with Gasteiger partial charge in [-0.15, -0.1) is 0 Å². The van der Waals surface area contributed by atoms with E-state index < -0.39 is 23.4 Å². The molecule has 0 fully saturated rings. The van der Waals surface area contributed by atoms with Crippen LogP contribution in [0.1, 0.15) is 20.8 Å². The number of nitrogens with one attached hydrogen (secondary N) is 1. The molecule has 136 valence electrons. The van der Waals surface area contributed by atoms with Gasteiger partial charge in [0.05, 0.1) is 18.9 Å². The highest BCUT2D eigenvalue weighted by Gasteiger charge is 2.50. The summed E-state index contributed by atoms with van der Waals surface area (Å²) in [5.41, 5.74) is 0.591. The summed E-state index contributed by atoms with van der Waals surface area (Å²) in [6.45, 7) is 11.2. The summed E-state index contributed by atoms with van der Waals surface area (Å²) in [7, 11) is -5.58. The predicted molar refractivity (Wildman–Crippen MR) is 97.4 cm³/mol. The Morgan fingerprint density at radius 1 is 1.21 bits per heavy atom. The summed E-state index contributed by atoms with van der Waals surface area (Å²) in [6, 6.07) is 7.02. The van der Waals surface area contributed by atoms with Gasteiger partial charge in [-0.05, 0) is 30.3 Å². The normalized spacial score (nSPS) is 21.1. The molecule has 6 nitrogen and oxygen atoms in total. The highest BCUT2D eigenvalue weighted by atomic mass is 32.2. The Morgan fingerprint density at radius 3 is 2.38 bits per heavy atom. The Bertz CT molecular complexity index is 672. The molecule has 0 aromatic heterocycles. The summed E-state index contributed by atoms with van der Waals surface area (Å²) in [6.07, 6.45) is 1.08. The van der Waals surface area contributed by atoms with Crippen LogP contribution in [0, 0.1) is 0 Å². The van der Waals surface area contributed by atoms with Crippen molar-refractivity contribution in [2.45, 2.75) is 44.1 Å². The molecule has 0 saturated heterocycles. The van der Waals surface area contributed by atoms with Gasteiger partial charge in [-0.2, -0.15) is 0 Å². The van der Waals surface area contributed by atoms with Crippen molar-refractivity contribution < 1.29 is 22.3 Å². The molecule has 24 heavy (non-hydrogen) atoms. The van der Waals surface area contributed by atoms with E-state index in [-0.39, 0.29) is 11.6 Å². The quantitative estimate of drug-likeness (QED) is 0.610. The van der Waals surface area contributed by atoms with E-state index in [0.717, 1.165) is 6.26 Å². The predicted octanol–water partition coefficient (Wildman–Crippen LogP) is 3.19. The lowest BCUT2D eigenvalue weighted by Crippen LogP contribution is -2.51. The molecule has 2 rings (SSSR count). The fraction of sp³-hybridized carbons (Fsp3) is 0.625. The third kappa shape index (κ3) is 3.77. The second-order valence-corrected chi connectivity index (χ2v) is 14.4. The van der Waals surface area contributed by atoms with E-state index in [9.17, 15) is 8.42 Å². The molecule has 1 aromatic rings. The van der Waals surface area contributed by atoms with Crippen LogP contribution < -0.4 is 10.1 Å². The first kappa shape index (κ1) is 19.2. The van der Waals surface area contributed by atoms with Crippen LogP contribution in [0.4, 0.5) is 5.69 Å². The summed E-state index contributed by atoms with van der Waals surface area (Å²) in [5.74, 6) is 0.452. The molecule has 0 saturated carbocycles. The van der Waals surface area contributed by atoms with Gasteiger partial charge in [-0.3, -0.25) is 0 Å². The van der Waals surface area contributed by atoms with Gasteiger partial charge in [0.2, 0.25) is 9.84 Å². The number of para-hydroxylation sites is 2. The first-order valence-corrected chi connectivity index (χ1v) is 12.7. The second-order valence-electron chi connectivity index (χ2n) is 7.51. The number of sulfone groups is 1. The van der Waals surface area contributed by atoms with Gasteiger partial charge in [0, 0.05) is 6.26 Å². The molecule has 0 bridgehead atoms. The number of fused-ring (bicyclic) bond motifs is 1. The van der Waals surface area contributed by atoms with Gasteiger partial charge >= 0.3 is 5.24 Å². The Labute approximate surface area is 145 Å². The first-order valence-electron chi connectivity index (χ1n) is 7.92. The van der Waals surface area contributed by atoms with Crippen molar-refractivity contribution in [2.24, 2.45) is 0 Å². The Hall–Kier alpha value is -1.09. The molecule has 1 aliphatic rings. The van der Waals surface area contributed by atoms with E-state index in [1.54, 1.807) is 24.3 Å². The van der Waals surface area contributed by atoms with E-state index in [0.29, 0.717) is 18.0 Å². The van der Waals surface area contributed by atoms with Crippen molar-refractivity contribution in [3.05, 3.63) is 24.3 Å². The third-order valence-electron chi connectivity index (χ3n) is 4.55. The minimum absolute atomic E-state index is 0.0832. The van der Waals surface area contributed by atoms with Gasteiger partial charge < -0.3 is 19.2 Å². The molecule has 8 heteroatoms. The lowest BCUT2D eigenvalue weighted by molar-refractivity contribution is -0.0946. The van der Waals surface area contributed by atoms with E-state index in [1.807, 2.05) is 0 Å². The number of anilines is 1. The van der Waals surface area contributed by atoms with Crippen LogP contribution in [0.3, 0.4) is 0 Å². The molecule has 0 amide bonds. The van der Waals surface area contributed by atoms with Crippen LogP contribution in [-0.2, 0) is 19.0 Å². The van der Waals surface area contributed by atoms with Gasteiger partial charge in [0.1, 0.15) is 5.75 Å². The fourth-order valence-electron chi connectivity index (χ4n) is 2.02. The van der Waals surface area contributed by atoms with Gasteiger partial charge in [-0.1, -0.05) is 32.9 Å². The largest absolute Gasteiger partial charge is 0.430 e. The van der Waals surface area contributed by atoms with Crippen LogP contribution in [-0.4, -0.2) is 41.4 Å². The number of hydrogen-bond acceptors (Lipinski definition) is 6. The molecule has 1 atom stereocenters. The Kier molecular flexibility index (Phi) is 5.07. The Balaban J connectivity index is 2.04. The van der Waals surface area contributed by atoms with Crippen molar-refractivity contribution in [1.29, 1.82) is 0 Å². The van der Waals surface area contributed by atoms with E-state index >= 15 is 0 Å². The second kappa shape index (κ2) is 6.33. The Morgan fingerprint density at radius 2 is 1.83 bits per heavy atom. The molecule has 1 aliphatic heterocycles. The first-order chi connectivity index (χ1) is 10.9. The summed E-state index contributed by atoms with van der Waals surface area (Å²) >= 11 is 0. The summed E-state index contributed by atoms with van der Waals surface area (Å²) in [5, 5.41) is 1.03. The average Bonchev–Trinajstić information content (AvgIpc) is 2.81. The highest BCUT2D eigenvalue weighted by Crippen LogP contribution is 2.40. The smallest absolute Gasteiger partial charge is 0.401 e. The molecule has 1 unspecified atom stereocenters. The maximum absolute atomic E-state index is 12.2. The number of ether oxygens (including phenoxy) is 2. The third-order valence-corrected chi connectivity index (χ3v) is 10.4. The molecular formula is C16H27NO5SSi. The lowest BCUT2D eigenvalue weighted by atomic mass is 10.2. The monoisotopic (exact) mass is 373 g/mol. The van der Waals surface area contributed by atoms with Crippen molar-refractivity contribution in [1.82, 2.24) is 0 Å². The molecule has 0 aliphatic carbocycles. The molecule has 0 spiro atoms. The minimum Gasteiger partial charge on any atom is -0.430 e. The van der Waals surface area contributed by atoms with Crippen molar-refractivity contribution >= 4 is 23.8 Å². The molecule has 1 N–H and O–H groups in total. The van der Waals surface area contributed by atoms with Gasteiger partial charge in [0.15, 0.2) is 8.32 Å². The average molecular weight is 374 g/mol. The summed E-state index contributed by atoms with van der Waals surface area (Å²) < 4.78 is 41.7. The van der Waals surface area contributed by atoms with E-state index in [1.165, 1.54) is 0 Å². The number of benzene rings is 1. The SMILES string of the molecule is CC(C)(C)[Si](C)(C)OCCOC1(S(C)(=O)=O)Nc2ccccc2O1. The highest BCUT2D eigenvalue weighted by molar-refractivity contribution is 7.91. The summed E-state index contributed by atoms with van der Waals surface area (Å²) in [4.78, 5) is 0. The van der Waals surface area contributed by atoms with Crippen LogP contribution in [0.2, 0.25) is 18.1 Å². The van der Waals surface area contributed by atoms with Crippen molar-refractivity contribution in [3.63, 3.8) is 0 Å². The zero-order chi connectivity index (χ0) is 18.2. The minimum atomic E-state index is -3.68. The van der Waals surface area contributed by atoms with Crippen LogP contribution in [0.25, 0.3) is 0 Å². The maximum Gasteiger partial charge on any atom is 0.401 e. The topological polar surface area (TPSA) is 73.9 Å². The fourth-order valence-corrected chi connectivity index (χ4v) is 3.89. The molecule has 1 aromatic carbocycles. The van der Waals surface area contributed by atoms with Crippen LogP contribution in [0.5, 0.6) is 5.75 Å². The maximum atomic E-state index is 12.2. The van der Waals surface area contributed by atoms with Crippen molar-refractivity contribution in [2.75, 3.05) is 24.8 Å². The zero-order valence-corrected chi connectivity index (χ0v) is 17.0. The molecular weight excluding hydrogens is 346 g/mol. The van der Waals surface area contributed by atoms with Crippen LogP contribution >= 0.6 is 0 Å². The zero-order valence-electron chi connectivity index (χ0n) is 15.2. The molecule has 0 radical (unpaired) electrons. The van der Waals surface area contributed by atoms with Gasteiger partial charge in [0.25, 0.3) is 0 Å². The standard InChI is InChI=1S/C16H27NO5SSi/c1-15(2,3)24(5,6)21-12-11-20-16(23(4,18)19)17-13-9-7-8-10-14(13)22-16/h7-10,17H,11-12H2,1-6H3. The van der Waals surface area contributed by atoms with Gasteiger partial charge in [-0.25, -0.2) is 8.42 Å². The van der Waals surface area contributed by atoms with E-state index in [2.05, 4.69) is 39.2 Å². The number of hydrogen-bond donors (Lipinski definition) is 1. The lowest BCUT2D eigenvalue weighted by Gasteiger charge is -2.36. The van der Waals surface area contributed by atoms with Crippen LogP contribution in [0.15, 0.2) is 24.3 Å². The molecule has 1 heterocycles. The number of rotatable bonds is 6.